The van der Waals surface area contributed by atoms with E-state index in [9.17, 15) is 9.59 Å². The number of pyridine rings is 1. The van der Waals surface area contributed by atoms with Gasteiger partial charge in [0.25, 0.3) is 0 Å². The Labute approximate surface area is 227 Å². The number of fused-ring (bicyclic) bond motifs is 1. The number of carbonyl (C=O) groups excluding carboxylic acids is 2. The summed E-state index contributed by atoms with van der Waals surface area (Å²) in [7, 11) is 1.60. The Hall–Kier alpha value is -4.27. The Kier molecular flexibility index (Phi) is 7.46. The van der Waals surface area contributed by atoms with Crippen molar-refractivity contribution in [2.24, 2.45) is 0 Å². The van der Waals surface area contributed by atoms with Crippen molar-refractivity contribution in [3.8, 4) is 11.5 Å². The molecule has 0 aliphatic rings. The van der Waals surface area contributed by atoms with E-state index in [0.717, 1.165) is 5.56 Å². The molecule has 39 heavy (non-hydrogen) atoms. The molecule has 2 aromatic heterocycles. The zero-order chi connectivity index (χ0) is 28.5. The molecule has 4 aromatic rings. The first-order valence-corrected chi connectivity index (χ1v) is 12.7. The molecular weight excluding hydrogens is 497 g/mol. The average molecular weight is 532 g/mol. The van der Waals surface area contributed by atoms with Crippen LogP contribution in [-0.4, -0.2) is 33.6 Å². The maximum absolute atomic E-state index is 15.1. The molecule has 4 rings (SSSR count). The van der Waals surface area contributed by atoms with Crippen LogP contribution in [0, 0.1) is 12.7 Å². The van der Waals surface area contributed by atoms with E-state index >= 15 is 4.39 Å². The lowest BCUT2D eigenvalue weighted by Gasteiger charge is -2.23. The number of benzene rings is 2. The van der Waals surface area contributed by atoms with Crippen LogP contribution in [0.4, 0.5) is 10.1 Å². The highest BCUT2D eigenvalue weighted by Crippen LogP contribution is 2.35. The van der Waals surface area contributed by atoms with Crippen LogP contribution < -0.4 is 15.4 Å². The van der Waals surface area contributed by atoms with Crippen LogP contribution in [0.3, 0.4) is 0 Å². The van der Waals surface area contributed by atoms with E-state index in [4.69, 9.17) is 4.74 Å². The van der Waals surface area contributed by atoms with E-state index in [-0.39, 0.29) is 29.3 Å². The summed E-state index contributed by atoms with van der Waals surface area (Å²) in [5.74, 6) is -0.198. The van der Waals surface area contributed by atoms with E-state index < -0.39 is 11.2 Å². The highest BCUT2D eigenvalue weighted by atomic mass is 19.1. The highest BCUT2D eigenvalue weighted by molar-refractivity contribution is 5.92. The zero-order valence-corrected chi connectivity index (χ0v) is 23.3. The fourth-order valence-corrected chi connectivity index (χ4v) is 4.26. The van der Waals surface area contributed by atoms with Gasteiger partial charge in [-0.05, 0) is 82.5 Å². The number of rotatable bonds is 7. The van der Waals surface area contributed by atoms with Gasteiger partial charge in [-0.3, -0.25) is 19.3 Å². The summed E-state index contributed by atoms with van der Waals surface area (Å²) in [5, 5.41) is 10.4. The first kappa shape index (κ1) is 27.8. The van der Waals surface area contributed by atoms with Gasteiger partial charge < -0.3 is 15.4 Å². The van der Waals surface area contributed by atoms with Gasteiger partial charge >= 0.3 is 0 Å². The minimum Gasteiger partial charge on any atom is -0.456 e. The number of halogens is 1. The Balaban J connectivity index is 1.56. The monoisotopic (exact) mass is 531 g/mol. The molecule has 0 saturated heterocycles. The quantitative estimate of drug-likeness (QED) is 0.322. The van der Waals surface area contributed by atoms with Crippen molar-refractivity contribution in [2.45, 2.75) is 58.9 Å². The van der Waals surface area contributed by atoms with Crippen LogP contribution in [-0.2, 0) is 27.0 Å². The van der Waals surface area contributed by atoms with Crippen LogP contribution in [0.5, 0.6) is 11.5 Å². The van der Waals surface area contributed by atoms with Crippen molar-refractivity contribution >= 4 is 28.4 Å². The van der Waals surface area contributed by atoms with E-state index in [0.29, 0.717) is 33.7 Å². The summed E-state index contributed by atoms with van der Waals surface area (Å²) >= 11 is 0. The molecule has 0 spiro atoms. The molecule has 0 atom stereocenters. The third-order valence-electron chi connectivity index (χ3n) is 6.69. The number of anilines is 1. The Morgan fingerprint density at radius 3 is 2.46 bits per heavy atom. The van der Waals surface area contributed by atoms with Crippen LogP contribution in [0.25, 0.3) is 10.9 Å². The summed E-state index contributed by atoms with van der Waals surface area (Å²) in [6.45, 7) is 11.5. The van der Waals surface area contributed by atoms with Gasteiger partial charge in [0, 0.05) is 30.9 Å². The van der Waals surface area contributed by atoms with Crippen molar-refractivity contribution in [3.05, 3.63) is 77.5 Å². The third-order valence-corrected chi connectivity index (χ3v) is 6.69. The number of aryl methyl sites for hydroxylation is 1. The minimum absolute atomic E-state index is 0.117. The smallest absolute Gasteiger partial charge is 0.229 e. The van der Waals surface area contributed by atoms with Crippen LogP contribution >= 0.6 is 0 Å². The average Bonchev–Trinajstić information content (AvgIpc) is 3.35. The number of hydrogen-bond acceptors (Lipinski definition) is 5. The third kappa shape index (κ3) is 5.92. The second-order valence-electron chi connectivity index (χ2n) is 11.1. The molecular formula is C30H34FN5O3. The second kappa shape index (κ2) is 10.5. The van der Waals surface area contributed by atoms with Crippen molar-refractivity contribution < 1.29 is 18.7 Å². The first-order chi connectivity index (χ1) is 18.3. The Morgan fingerprint density at radius 1 is 1.05 bits per heavy atom. The summed E-state index contributed by atoms with van der Waals surface area (Å²) in [6, 6.07) is 10.2. The number of carbonyl (C=O) groups is 2. The van der Waals surface area contributed by atoms with Gasteiger partial charge in [-0.15, -0.1) is 0 Å². The Bertz CT molecular complexity index is 1550. The topological polar surface area (TPSA) is 98.1 Å². The van der Waals surface area contributed by atoms with E-state index in [1.54, 1.807) is 49.4 Å². The molecule has 0 aliphatic carbocycles. The molecule has 0 saturated carbocycles. The summed E-state index contributed by atoms with van der Waals surface area (Å²) in [5.41, 5.74) is 1.97. The molecule has 2 aromatic carbocycles. The molecule has 2 heterocycles. The van der Waals surface area contributed by atoms with E-state index in [1.807, 2.05) is 52.8 Å². The van der Waals surface area contributed by atoms with Gasteiger partial charge in [0.1, 0.15) is 17.3 Å². The zero-order valence-electron chi connectivity index (χ0n) is 23.3. The van der Waals surface area contributed by atoms with Gasteiger partial charge in [-0.2, -0.15) is 5.10 Å². The number of nitrogens with zero attached hydrogens (tertiary/aromatic N) is 3. The molecule has 0 fully saturated rings. The normalized spacial score (nSPS) is 11.9. The molecule has 2 amide bonds. The maximum Gasteiger partial charge on any atom is 0.229 e. The van der Waals surface area contributed by atoms with Gasteiger partial charge in [0.2, 0.25) is 11.8 Å². The lowest BCUT2D eigenvalue weighted by Crippen LogP contribution is -2.37. The van der Waals surface area contributed by atoms with Crippen molar-refractivity contribution in [1.29, 1.82) is 0 Å². The van der Waals surface area contributed by atoms with Crippen molar-refractivity contribution in [2.75, 3.05) is 12.4 Å². The number of nitrogens with one attached hydrogen (secondary N) is 2. The molecule has 0 bridgehead atoms. The van der Waals surface area contributed by atoms with Crippen LogP contribution in [0.1, 0.15) is 51.3 Å². The van der Waals surface area contributed by atoms with Gasteiger partial charge in [-0.1, -0.05) is 6.07 Å². The largest absolute Gasteiger partial charge is 0.456 e. The lowest BCUT2D eigenvalue weighted by molar-refractivity contribution is -0.125. The molecule has 0 aliphatic heterocycles. The SMILES string of the molecule is CNC(=O)C(C)(C)c1ccc2nccc(Oc3cc(F)c(CC(=O)Nc4cnn(C(C)(C)C)c4)cc3C)c2c1. The fraction of sp³-hybridized carbons (Fsp3) is 0.333. The standard InChI is InChI=1S/C30H34FN5O3/c1-18-12-19(13-27(37)35-21-16-34-36(17-21)29(2,3)4)23(31)15-26(18)39-25-10-11-33-24-9-8-20(14-22(24)25)30(5,6)28(38)32-7/h8-12,14-17H,13H2,1-7H3,(H,32,38)(H,35,37). The lowest BCUT2D eigenvalue weighted by atomic mass is 9.83. The molecule has 8 nitrogen and oxygen atoms in total. The summed E-state index contributed by atoms with van der Waals surface area (Å²) < 4.78 is 23.0. The predicted octanol–water partition coefficient (Wildman–Crippen LogP) is 5.63. The van der Waals surface area contributed by atoms with E-state index in [2.05, 4.69) is 20.7 Å². The van der Waals surface area contributed by atoms with Crippen LogP contribution in [0.15, 0.2) is 55.0 Å². The molecule has 204 valence electrons. The van der Waals surface area contributed by atoms with E-state index in [1.165, 1.54) is 6.07 Å². The minimum atomic E-state index is -0.772. The second-order valence-corrected chi connectivity index (χ2v) is 11.1. The Morgan fingerprint density at radius 2 is 1.79 bits per heavy atom. The molecule has 0 unspecified atom stereocenters. The van der Waals surface area contributed by atoms with Crippen molar-refractivity contribution in [3.63, 3.8) is 0 Å². The van der Waals surface area contributed by atoms with Gasteiger partial charge in [0.15, 0.2) is 0 Å². The number of ether oxygens (including phenoxy) is 1. The number of aromatic nitrogens is 3. The fourth-order valence-electron chi connectivity index (χ4n) is 4.26. The van der Waals surface area contributed by atoms with Crippen molar-refractivity contribution in [1.82, 2.24) is 20.1 Å². The number of amides is 2. The van der Waals surface area contributed by atoms with Gasteiger partial charge in [0.05, 0.1) is 34.8 Å². The summed E-state index contributed by atoms with van der Waals surface area (Å²) in [6.07, 6.45) is 4.80. The predicted molar refractivity (Wildman–Crippen MR) is 150 cm³/mol. The molecule has 2 N–H and O–H groups in total. The number of hydrogen-bond donors (Lipinski definition) is 2. The first-order valence-electron chi connectivity index (χ1n) is 12.7. The van der Waals surface area contributed by atoms with Gasteiger partial charge in [-0.25, -0.2) is 4.39 Å². The number of likely N-dealkylation sites (N-methyl/N-ethyl adjacent to an activating group) is 1. The summed E-state index contributed by atoms with van der Waals surface area (Å²) in [4.78, 5) is 29.5. The van der Waals surface area contributed by atoms with Crippen LogP contribution in [0.2, 0.25) is 0 Å². The maximum atomic E-state index is 15.1. The highest BCUT2D eigenvalue weighted by Gasteiger charge is 2.29. The molecule has 9 heteroatoms. The molecule has 0 radical (unpaired) electrons.